The number of allylic oxidation sites excluding steroid dienone is 3. The van der Waals surface area contributed by atoms with E-state index in [0.717, 1.165) is 6.42 Å². The van der Waals surface area contributed by atoms with Gasteiger partial charge in [-0.3, -0.25) is 0 Å². The van der Waals surface area contributed by atoms with Gasteiger partial charge >= 0.3 is 0 Å². The van der Waals surface area contributed by atoms with Crippen LogP contribution in [-0.4, -0.2) is 0 Å². The van der Waals surface area contributed by atoms with E-state index < -0.39 is 0 Å². The van der Waals surface area contributed by atoms with Gasteiger partial charge < -0.3 is 0 Å². The zero-order chi connectivity index (χ0) is 10.8. The Hall–Kier alpha value is 0.210. The molecule has 0 aliphatic heterocycles. The maximum atomic E-state index is 2.37. The van der Waals surface area contributed by atoms with Crippen LogP contribution < -0.4 is 0 Å². The minimum absolute atomic E-state index is 1.15. The van der Waals surface area contributed by atoms with E-state index in [1.54, 1.807) is 5.57 Å². The highest BCUT2D eigenvalue weighted by atomic mass is 127. The first-order valence-electron chi connectivity index (χ1n) is 5.62. The predicted molar refractivity (Wildman–Crippen MR) is 74.9 cm³/mol. The van der Waals surface area contributed by atoms with Gasteiger partial charge in [-0.25, -0.2) is 0 Å². The monoisotopic (exact) mass is 306 g/mol. The highest BCUT2D eigenvalue weighted by Crippen LogP contribution is 2.16. The molecule has 0 rings (SSSR count). The second-order valence-corrected chi connectivity index (χ2v) is 4.69. The van der Waals surface area contributed by atoms with Crippen LogP contribution in [0.2, 0.25) is 0 Å². The molecule has 0 bridgehead atoms. The average molecular weight is 306 g/mol. The van der Waals surface area contributed by atoms with Crippen molar-refractivity contribution >= 4 is 22.6 Å². The Morgan fingerprint density at radius 3 is 2.36 bits per heavy atom. The van der Waals surface area contributed by atoms with Gasteiger partial charge in [0.05, 0.1) is 0 Å². The second-order valence-electron chi connectivity index (χ2n) is 4.06. The standard InChI is InChI=1S/C13H23I/c1-4-5-6-7-8-13(11-14)10-9-12(2)3/h9,11H,4-8,10H2,1-3H3/b13-11-. The third-order valence-electron chi connectivity index (χ3n) is 2.28. The minimum atomic E-state index is 1.15. The Morgan fingerprint density at radius 2 is 1.86 bits per heavy atom. The van der Waals surface area contributed by atoms with Crippen LogP contribution in [0.4, 0.5) is 0 Å². The summed E-state index contributed by atoms with van der Waals surface area (Å²) in [5, 5.41) is 0. The normalized spacial score (nSPS) is 11.6. The summed E-state index contributed by atoms with van der Waals surface area (Å²) in [7, 11) is 0. The Kier molecular flexibility index (Phi) is 9.90. The Labute approximate surface area is 103 Å². The smallest absolute Gasteiger partial charge is 0.0129 e. The molecular weight excluding hydrogens is 283 g/mol. The Balaban J connectivity index is 3.65. The van der Waals surface area contributed by atoms with E-state index in [1.807, 2.05) is 0 Å². The molecule has 0 spiro atoms. The molecule has 0 nitrogen and oxygen atoms in total. The summed E-state index contributed by atoms with van der Waals surface area (Å²) < 4.78 is 2.25. The van der Waals surface area contributed by atoms with Crippen LogP contribution in [0.3, 0.4) is 0 Å². The first kappa shape index (κ1) is 14.2. The third-order valence-corrected chi connectivity index (χ3v) is 3.16. The number of rotatable bonds is 7. The molecule has 0 fully saturated rings. The maximum absolute atomic E-state index is 2.37. The van der Waals surface area contributed by atoms with Gasteiger partial charge in [0, 0.05) is 0 Å². The summed E-state index contributed by atoms with van der Waals surface area (Å²) in [6.45, 7) is 6.60. The molecule has 0 aliphatic carbocycles. The summed E-state index contributed by atoms with van der Waals surface area (Å²) in [6.07, 6.45) is 10.2. The first-order valence-corrected chi connectivity index (χ1v) is 6.86. The fourth-order valence-corrected chi connectivity index (χ4v) is 1.88. The van der Waals surface area contributed by atoms with Crippen LogP contribution >= 0.6 is 22.6 Å². The van der Waals surface area contributed by atoms with Gasteiger partial charge in [-0.15, -0.1) is 0 Å². The summed E-state index contributed by atoms with van der Waals surface area (Å²) in [4.78, 5) is 0. The van der Waals surface area contributed by atoms with Crippen LogP contribution in [0, 0.1) is 0 Å². The summed E-state index contributed by atoms with van der Waals surface area (Å²) in [5.74, 6) is 0. The second kappa shape index (κ2) is 9.75. The lowest BCUT2D eigenvalue weighted by Crippen LogP contribution is -1.83. The highest BCUT2D eigenvalue weighted by Gasteiger charge is 1.95. The van der Waals surface area contributed by atoms with Gasteiger partial charge in [-0.1, -0.05) is 66.0 Å². The fraction of sp³-hybridized carbons (Fsp3) is 0.692. The highest BCUT2D eigenvalue weighted by molar-refractivity contribution is 14.1. The molecule has 1 heteroatoms. The molecule has 14 heavy (non-hydrogen) atoms. The van der Waals surface area contributed by atoms with Crippen molar-refractivity contribution in [2.24, 2.45) is 0 Å². The number of unbranched alkanes of at least 4 members (excludes halogenated alkanes) is 3. The van der Waals surface area contributed by atoms with E-state index in [1.165, 1.54) is 37.7 Å². The van der Waals surface area contributed by atoms with Crippen molar-refractivity contribution in [3.8, 4) is 0 Å². The Bertz CT molecular complexity index is 185. The van der Waals surface area contributed by atoms with Gasteiger partial charge in [0.15, 0.2) is 0 Å². The number of hydrogen-bond acceptors (Lipinski definition) is 0. The summed E-state index contributed by atoms with van der Waals surface area (Å²) in [5.41, 5.74) is 3.01. The van der Waals surface area contributed by atoms with E-state index >= 15 is 0 Å². The van der Waals surface area contributed by atoms with Crippen molar-refractivity contribution in [1.82, 2.24) is 0 Å². The van der Waals surface area contributed by atoms with Crippen LogP contribution in [0.5, 0.6) is 0 Å². The van der Waals surface area contributed by atoms with E-state index in [4.69, 9.17) is 0 Å². The summed E-state index contributed by atoms with van der Waals surface area (Å²) in [6, 6.07) is 0. The fourth-order valence-electron chi connectivity index (χ4n) is 1.32. The molecule has 0 saturated heterocycles. The van der Waals surface area contributed by atoms with Crippen molar-refractivity contribution in [2.75, 3.05) is 0 Å². The molecule has 0 amide bonds. The molecular formula is C13H23I. The van der Waals surface area contributed by atoms with Crippen LogP contribution in [0.15, 0.2) is 21.3 Å². The van der Waals surface area contributed by atoms with E-state index in [9.17, 15) is 0 Å². The molecule has 0 N–H and O–H groups in total. The lowest BCUT2D eigenvalue weighted by atomic mass is 10.0. The zero-order valence-electron chi connectivity index (χ0n) is 9.78. The maximum Gasteiger partial charge on any atom is -0.0129 e. The van der Waals surface area contributed by atoms with Crippen molar-refractivity contribution < 1.29 is 0 Å². The lowest BCUT2D eigenvalue weighted by molar-refractivity contribution is 0.661. The van der Waals surface area contributed by atoms with Crippen molar-refractivity contribution in [1.29, 1.82) is 0 Å². The topological polar surface area (TPSA) is 0 Å². The molecule has 0 aliphatic rings. The van der Waals surface area contributed by atoms with Crippen LogP contribution in [-0.2, 0) is 0 Å². The molecule has 0 aromatic heterocycles. The van der Waals surface area contributed by atoms with Gasteiger partial charge in [0.25, 0.3) is 0 Å². The minimum Gasteiger partial charge on any atom is -0.0818 e. The van der Waals surface area contributed by atoms with Gasteiger partial charge in [0.2, 0.25) is 0 Å². The van der Waals surface area contributed by atoms with Gasteiger partial charge in [0.1, 0.15) is 0 Å². The Morgan fingerprint density at radius 1 is 1.14 bits per heavy atom. The molecule has 0 aromatic rings. The zero-order valence-corrected chi connectivity index (χ0v) is 11.9. The third kappa shape index (κ3) is 8.79. The van der Waals surface area contributed by atoms with Crippen molar-refractivity contribution in [2.45, 2.75) is 59.3 Å². The molecule has 0 atom stereocenters. The van der Waals surface area contributed by atoms with Crippen LogP contribution in [0.1, 0.15) is 59.3 Å². The predicted octanol–water partition coefficient (Wildman–Crippen LogP) is 5.63. The number of halogens is 1. The molecule has 0 unspecified atom stereocenters. The first-order chi connectivity index (χ1) is 6.70. The van der Waals surface area contributed by atoms with Crippen molar-refractivity contribution in [3.63, 3.8) is 0 Å². The average Bonchev–Trinajstić information content (AvgIpc) is 2.16. The molecule has 0 heterocycles. The van der Waals surface area contributed by atoms with E-state index in [-0.39, 0.29) is 0 Å². The molecule has 0 radical (unpaired) electrons. The van der Waals surface area contributed by atoms with Gasteiger partial charge in [-0.2, -0.15) is 0 Å². The number of hydrogen-bond donors (Lipinski definition) is 0. The summed E-state index contributed by atoms with van der Waals surface area (Å²) >= 11 is 2.37. The van der Waals surface area contributed by atoms with Crippen LogP contribution in [0.25, 0.3) is 0 Å². The van der Waals surface area contributed by atoms with E-state index in [2.05, 4.69) is 53.5 Å². The van der Waals surface area contributed by atoms with Gasteiger partial charge in [-0.05, 0) is 37.2 Å². The largest absolute Gasteiger partial charge is 0.0818 e. The SMILES string of the molecule is CCCCCC/C(=C/I)CC=C(C)C. The molecule has 0 aromatic carbocycles. The molecule has 82 valence electrons. The van der Waals surface area contributed by atoms with E-state index in [0.29, 0.717) is 0 Å². The van der Waals surface area contributed by atoms with Crippen molar-refractivity contribution in [3.05, 3.63) is 21.3 Å². The quantitative estimate of drug-likeness (QED) is 0.325. The molecule has 0 saturated carbocycles. The lowest BCUT2D eigenvalue weighted by Gasteiger charge is -2.03.